The molecular weight excluding hydrogens is 340 g/mol. The molecule has 3 nitrogen and oxygen atoms in total. The van der Waals surface area contributed by atoms with Gasteiger partial charge in [0.05, 0.1) is 0 Å². The lowest BCUT2D eigenvalue weighted by Gasteiger charge is -2.42. The van der Waals surface area contributed by atoms with Crippen LogP contribution in [-0.4, -0.2) is 25.5 Å². The Labute approximate surface area is 161 Å². The van der Waals surface area contributed by atoms with Gasteiger partial charge >= 0.3 is 0 Å². The molecule has 0 aliphatic heterocycles. The van der Waals surface area contributed by atoms with Crippen molar-refractivity contribution in [3.05, 3.63) is 0 Å². The zero-order valence-electron chi connectivity index (χ0n) is 18.5. The molecular formula is C22H40O3Si. The first kappa shape index (κ1) is 21.8. The fourth-order valence-electron chi connectivity index (χ4n) is 4.91. The van der Waals surface area contributed by atoms with Gasteiger partial charge < -0.3 is 4.43 Å². The third-order valence-corrected chi connectivity index (χ3v) is 12.2. The molecule has 0 aromatic rings. The summed E-state index contributed by atoms with van der Waals surface area (Å²) in [7, 11) is -2.01. The zero-order chi connectivity index (χ0) is 20.2. The fourth-order valence-corrected chi connectivity index (χ4v) is 6.61. The van der Waals surface area contributed by atoms with Crippen LogP contribution in [0.2, 0.25) is 18.1 Å². The first-order chi connectivity index (χ1) is 11.5. The van der Waals surface area contributed by atoms with Gasteiger partial charge in [-0.2, -0.15) is 0 Å². The maximum atomic E-state index is 13.2. The molecule has 0 radical (unpaired) electrons. The van der Waals surface area contributed by atoms with Gasteiger partial charge in [-0.25, -0.2) is 0 Å². The van der Waals surface area contributed by atoms with Crippen LogP contribution in [0.1, 0.15) is 87.0 Å². The van der Waals surface area contributed by atoms with E-state index in [-0.39, 0.29) is 21.7 Å². The van der Waals surface area contributed by atoms with Crippen molar-refractivity contribution in [3.63, 3.8) is 0 Å². The highest BCUT2D eigenvalue weighted by atomic mass is 28.4. The summed E-state index contributed by atoms with van der Waals surface area (Å²) >= 11 is 0. The number of Topliss-reactive ketones (excluding diaryl/α,β-unsaturated/α-hetero) is 2. The minimum atomic E-state index is -2.01. The number of carbonyl (C=O) groups excluding carboxylic acids is 2. The second-order valence-corrected chi connectivity index (χ2v) is 16.3. The van der Waals surface area contributed by atoms with E-state index in [1.165, 1.54) is 0 Å². The molecule has 1 spiro atoms. The highest BCUT2D eigenvalue weighted by Gasteiger charge is 2.55. The van der Waals surface area contributed by atoms with Gasteiger partial charge in [-0.1, -0.05) is 41.0 Å². The van der Waals surface area contributed by atoms with Gasteiger partial charge in [0.25, 0.3) is 0 Å². The van der Waals surface area contributed by atoms with Crippen LogP contribution in [0.25, 0.3) is 0 Å². The average Bonchev–Trinajstić information content (AvgIpc) is 2.88. The zero-order valence-corrected chi connectivity index (χ0v) is 19.5. The van der Waals surface area contributed by atoms with Crippen molar-refractivity contribution in [2.75, 3.05) is 0 Å². The summed E-state index contributed by atoms with van der Waals surface area (Å²) in [6.45, 7) is 19.1. The van der Waals surface area contributed by atoms with Crippen molar-refractivity contribution in [3.8, 4) is 0 Å². The van der Waals surface area contributed by atoms with E-state index in [0.29, 0.717) is 24.5 Å². The molecule has 2 aliphatic carbocycles. The number of rotatable bonds is 5. The molecule has 2 fully saturated rings. The third kappa shape index (κ3) is 4.01. The third-order valence-electron chi connectivity index (χ3n) is 7.57. The van der Waals surface area contributed by atoms with Gasteiger partial charge in [-0.3, -0.25) is 9.59 Å². The SMILES string of the molecule is CC1(C)CC2(CCCC2CC(=O)C(C)(C)O[Si](C)(C)C(C)(C)C)CC1=O. The Morgan fingerprint density at radius 1 is 1.19 bits per heavy atom. The highest BCUT2D eigenvalue weighted by molar-refractivity contribution is 6.74. The summed E-state index contributed by atoms with van der Waals surface area (Å²) < 4.78 is 6.50. The van der Waals surface area contributed by atoms with E-state index >= 15 is 0 Å². The quantitative estimate of drug-likeness (QED) is 0.556. The molecule has 0 amide bonds. The summed E-state index contributed by atoms with van der Waals surface area (Å²) in [6, 6.07) is 0. The molecule has 2 rings (SSSR count). The largest absolute Gasteiger partial charge is 0.405 e. The van der Waals surface area contributed by atoms with E-state index in [0.717, 1.165) is 25.7 Å². The molecule has 2 unspecified atom stereocenters. The maximum absolute atomic E-state index is 13.2. The van der Waals surface area contributed by atoms with Crippen molar-refractivity contribution in [1.82, 2.24) is 0 Å². The molecule has 0 heterocycles. The first-order valence-corrected chi connectivity index (χ1v) is 13.2. The lowest BCUT2D eigenvalue weighted by molar-refractivity contribution is -0.134. The number of ketones is 2. The fraction of sp³-hybridized carbons (Fsp3) is 0.909. The molecule has 2 saturated carbocycles. The topological polar surface area (TPSA) is 43.4 Å². The van der Waals surface area contributed by atoms with Crippen LogP contribution in [0.15, 0.2) is 0 Å². The average molecular weight is 381 g/mol. The van der Waals surface area contributed by atoms with Crippen LogP contribution in [0, 0.1) is 16.7 Å². The van der Waals surface area contributed by atoms with Gasteiger partial charge in [0.15, 0.2) is 14.1 Å². The molecule has 2 aliphatic rings. The molecule has 0 saturated heterocycles. The van der Waals surface area contributed by atoms with E-state index < -0.39 is 13.9 Å². The van der Waals surface area contributed by atoms with E-state index in [9.17, 15) is 9.59 Å². The van der Waals surface area contributed by atoms with Crippen LogP contribution in [0.5, 0.6) is 0 Å². The second kappa shape index (κ2) is 6.54. The Hall–Kier alpha value is -0.483. The van der Waals surface area contributed by atoms with Gasteiger partial charge in [-0.05, 0) is 62.6 Å². The monoisotopic (exact) mass is 380 g/mol. The van der Waals surface area contributed by atoms with Crippen molar-refractivity contribution >= 4 is 19.9 Å². The summed E-state index contributed by atoms with van der Waals surface area (Å²) in [5.41, 5.74) is -0.910. The number of hydrogen-bond donors (Lipinski definition) is 0. The van der Waals surface area contributed by atoms with E-state index in [1.54, 1.807) is 0 Å². The van der Waals surface area contributed by atoms with Crippen LogP contribution in [-0.2, 0) is 14.0 Å². The normalized spacial score (nSPS) is 29.6. The van der Waals surface area contributed by atoms with Gasteiger partial charge in [-0.15, -0.1) is 0 Å². The highest BCUT2D eigenvalue weighted by Crippen LogP contribution is 2.59. The predicted molar refractivity (Wildman–Crippen MR) is 110 cm³/mol. The molecule has 4 heteroatoms. The Morgan fingerprint density at radius 2 is 1.77 bits per heavy atom. The van der Waals surface area contributed by atoms with Crippen molar-refractivity contribution in [2.45, 2.75) is 111 Å². The number of carbonyl (C=O) groups is 2. The second-order valence-electron chi connectivity index (χ2n) is 11.6. The van der Waals surface area contributed by atoms with Crippen LogP contribution in [0.4, 0.5) is 0 Å². The van der Waals surface area contributed by atoms with Crippen molar-refractivity contribution < 1.29 is 14.0 Å². The smallest absolute Gasteiger partial charge is 0.193 e. The molecule has 0 bridgehead atoms. The predicted octanol–water partition coefficient (Wildman–Crippen LogP) is 5.92. The lowest BCUT2D eigenvalue weighted by Crippen LogP contribution is -2.51. The van der Waals surface area contributed by atoms with E-state index in [1.807, 2.05) is 13.8 Å². The Bertz CT molecular complexity index is 583. The lowest BCUT2D eigenvalue weighted by atomic mass is 9.71. The van der Waals surface area contributed by atoms with Gasteiger partial charge in [0, 0.05) is 18.3 Å². The summed E-state index contributed by atoms with van der Waals surface area (Å²) in [6.07, 6.45) is 5.49. The summed E-state index contributed by atoms with van der Waals surface area (Å²) in [4.78, 5) is 25.7. The molecule has 0 aromatic heterocycles. The minimum Gasteiger partial charge on any atom is -0.405 e. The molecule has 150 valence electrons. The first-order valence-electron chi connectivity index (χ1n) is 10.3. The van der Waals surface area contributed by atoms with Gasteiger partial charge in [0.2, 0.25) is 0 Å². The van der Waals surface area contributed by atoms with Crippen LogP contribution < -0.4 is 0 Å². The molecule has 26 heavy (non-hydrogen) atoms. The Kier molecular flexibility index (Phi) is 5.49. The molecule has 2 atom stereocenters. The number of hydrogen-bond acceptors (Lipinski definition) is 3. The summed E-state index contributed by atoms with van der Waals surface area (Å²) in [5.74, 6) is 0.933. The van der Waals surface area contributed by atoms with E-state index in [2.05, 4.69) is 47.7 Å². The van der Waals surface area contributed by atoms with E-state index in [4.69, 9.17) is 4.43 Å². The van der Waals surface area contributed by atoms with Crippen LogP contribution >= 0.6 is 0 Å². The Balaban J connectivity index is 2.12. The molecule has 0 aromatic carbocycles. The summed E-state index contributed by atoms with van der Waals surface area (Å²) in [5, 5.41) is 0.0844. The van der Waals surface area contributed by atoms with Crippen molar-refractivity contribution in [1.29, 1.82) is 0 Å². The van der Waals surface area contributed by atoms with Crippen molar-refractivity contribution in [2.24, 2.45) is 16.7 Å². The maximum Gasteiger partial charge on any atom is 0.193 e. The van der Waals surface area contributed by atoms with Crippen LogP contribution in [0.3, 0.4) is 0 Å². The minimum absolute atomic E-state index is 0.0588. The van der Waals surface area contributed by atoms with Gasteiger partial charge in [0.1, 0.15) is 11.4 Å². The molecule has 0 N–H and O–H groups in total. The Morgan fingerprint density at radius 3 is 2.23 bits per heavy atom. The standard InChI is InChI=1S/C22H40O3Si/c1-19(2,3)26(8,9)25-21(6,7)17(23)13-16-11-10-12-22(16)14-18(24)20(4,5)15-22/h16H,10-15H2,1-9H3.